The van der Waals surface area contributed by atoms with Gasteiger partial charge in [0.05, 0.1) is 0 Å². The Balaban J connectivity index is 0.000000490. The summed E-state index contributed by atoms with van der Waals surface area (Å²) in [5.74, 6) is 0.572. The van der Waals surface area contributed by atoms with Crippen LogP contribution in [0.5, 0.6) is 0 Å². The molecule has 0 spiro atoms. The van der Waals surface area contributed by atoms with Crippen molar-refractivity contribution in [2.45, 2.75) is 0 Å². The Morgan fingerprint density at radius 3 is 2.38 bits per heavy atom. The van der Waals surface area contributed by atoms with Crippen LogP contribution in [-0.4, -0.2) is 4.98 Å². The quantitative estimate of drug-likeness (QED) is 0.762. The van der Waals surface area contributed by atoms with Gasteiger partial charge in [-0.25, -0.2) is 4.98 Å². The first-order chi connectivity index (χ1) is 3.39. The first kappa shape index (κ1) is 7.64. The molecule has 8 heavy (non-hydrogen) atoms. The van der Waals surface area contributed by atoms with Crippen LogP contribution in [0.3, 0.4) is 0 Å². The molecule has 0 aliphatic rings. The molecular formula is C5H6N2Pt+2. The number of rotatable bonds is 0. The van der Waals surface area contributed by atoms with Gasteiger partial charge in [0.1, 0.15) is 5.82 Å². The van der Waals surface area contributed by atoms with Crippen LogP contribution >= 0.6 is 0 Å². The zero-order chi connectivity index (χ0) is 5.11. The summed E-state index contributed by atoms with van der Waals surface area (Å²) in [4.78, 5) is 3.76. The van der Waals surface area contributed by atoms with E-state index in [1.54, 1.807) is 12.3 Å². The van der Waals surface area contributed by atoms with E-state index in [1.807, 2.05) is 12.1 Å². The van der Waals surface area contributed by atoms with Gasteiger partial charge in [-0.2, -0.15) is 0 Å². The van der Waals surface area contributed by atoms with Crippen LogP contribution in [0.1, 0.15) is 0 Å². The fourth-order valence-electron chi connectivity index (χ4n) is 0.376. The molecule has 0 bridgehead atoms. The largest absolute Gasteiger partial charge is 2.00 e. The second-order valence-corrected chi connectivity index (χ2v) is 1.25. The Hall–Kier alpha value is -0.362. The second kappa shape index (κ2) is 3.62. The Kier molecular flexibility index (Phi) is 3.45. The van der Waals surface area contributed by atoms with Crippen molar-refractivity contribution in [1.82, 2.24) is 4.98 Å². The van der Waals surface area contributed by atoms with E-state index < -0.39 is 0 Å². The molecule has 0 atom stereocenters. The van der Waals surface area contributed by atoms with E-state index in [0.717, 1.165) is 0 Å². The van der Waals surface area contributed by atoms with E-state index >= 15 is 0 Å². The van der Waals surface area contributed by atoms with Gasteiger partial charge in [0.2, 0.25) is 0 Å². The number of anilines is 1. The molecule has 0 aliphatic carbocycles. The van der Waals surface area contributed by atoms with Gasteiger partial charge < -0.3 is 5.73 Å². The average molecular weight is 289 g/mol. The van der Waals surface area contributed by atoms with Gasteiger partial charge in [-0.05, 0) is 12.1 Å². The monoisotopic (exact) mass is 289 g/mol. The summed E-state index contributed by atoms with van der Waals surface area (Å²) in [7, 11) is 0. The molecule has 0 aromatic carbocycles. The van der Waals surface area contributed by atoms with Crippen LogP contribution in [0.4, 0.5) is 5.82 Å². The fourth-order valence-corrected chi connectivity index (χ4v) is 0.376. The number of pyridine rings is 1. The molecule has 1 aromatic rings. The fraction of sp³-hybridized carbons (Fsp3) is 0. The summed E-state index contributed by atoms with van der Waals surface area (Å²) in [5, 5.41) is 0. The molecule has 0 aliphatic heterocycles. The van der Waals surface area contributed by atoms with Gasteiger partial charge in [0.25, 0.3) is 0 Å². The summed E-state index contributed by atoms with van der Waals surface area (Å²) in [6.07, 6.45) is 1.66. The minimum absolute atomic E-state index is 0. The van der Waals surface area contributed by atoms with Crippen LogP contribution in [0, 0.1) is 0 Å². The third kappa shape index (κ3) is 2.08. The molecule has 3 heteroatoms. The zero-order valence-electron chi connectivity index (χ0n) is 4.15. The molecule has 0 saturated carbocycles. The van der Waals surface area contributed by atoms with Crippen LogP contribution in [0.25, 0.3) is 0 Å². The normalized spacial score (nSPS) is 7.50. The van der Waals surface area contributed by atoms with Crippen molar-refractivity contribution in [2.75, 3.05) is 5.73 Å². The Morgan fingerprint density at radius 2 is 2.12 bits per heavy atom. The van der Waals surface area contributed by atoms with Gasteiger partial charge in [-0.15, -0.1) is 0 Å². The van der Waals surface area contributed by atoms with Crippen LogP contribution in [0.15, 0.2) is 24.4 Å². The standard InChI is InChI=1S/C5H6N2.Pt/c6-5-3-1-2-4-7-5;/h1-4H,(H2,6,7);/q;+2. The first-order valence-corrected chi connectivity index (χ1v) is 2.06. The van der Waals surface area contributed by atoms with Crippen LogP contribution < -0.4 is 5.73 Å². The molecule has 0 amide bonds. The molecule has 1 aromatic heterocycles. The molecule has 0 saturated heterocycles. The van der Waals surface area contributed by atoms with E-state index in [4.69, 9.17) is 5.73 Å². The number of nitrogens with zero attached hydrogens (tertiary/aromatic N) is 1. The van der Waals surface area contributed by atoms with Gasteiger partial charge in [-0.3, -0.25) is 0 Å². The van der Waals surface area contributed by atoms with Crippen molar-refractivity contribution >= 4 is 5.82 Å². The second-order valence-electron chi connectivity index (χ2n) is 1.25. The summed E-state index contributed by atoms with van der Waals surface area (Å²) < 4.78 is 0. The zero-order valence-corrected chi connectivity index (χ0v) is 6.42. The van der Waals surface area contributed by atoms with E-state index in [1.165, 1.54) is 0 Å². The van der Waals surface area contributed by atoms with Crippen molar-refractivity contribution in [2.24, 2.45) is 0 Å². The van der Waals surface area contributed by atoms with E-state index in [0.29, 0.717) is 5.82 Å². The maximum absolute atomic E-state index is 5.25. The average Bonchev–Trinajstić information content (AvgIpc) is 1.69. The summed E-state index contributed by atoms with van der Waals surface area (Å²) in [6, 6.07) is 5.43. The van der Waals surface area contributed by atoms with Crippen molar-refractivity contribution in [3.63, 3.8) is 0 Å². The maximum atomic E-state index is 5.25. The van der Waals surface area contributed by atoms with Gasteiger partial charge in [-0.1, -0.05) is 6.07 Å². The Bertz CT molecular complexity index is 140. The molecule has 0 radical (unpaired) electrons. The summed E-state index contributed by atoms with van der Waals surface area (Å²) in [6.45, 7) is 0. The van der Waals surface area contributed by atoms with Gasteiger partial charge in [0, 0.05) is 6.20 Å². The molecule has 2 N–H and O–H groups in total. The summed E-state index contributed by atoms with van der Waals surface area (Å²) in [5.41, 5.74) is 5.25. The van der Waals surface area contributed by atoms with Crippen molar-refractivity contribution in [1.29, 1.82) is 0 Å². The molecular weight excluding hydrogens is 283 g/mol. The molecule has 1 rings (SSSR count). The topological polar surface area (TPSA) is 38.9 Å². The minimum atomic E-state index is 0. The van der Waals surface area contributed by atoms with E-state index in [-0.39, 0.29) is 21.1 Å². The van der Waals surface area contributed by atoms with Gasteiger partial charge >= 0.3 is 21.1 Å². The molecule has 2 nitrogen and oxygen atoms in total. The number of hydrogen-bond donors (Lipinski definition) is 1. The molecule has 0 unspecified atom stereocenters. The minimum Gasteiger partial charge on any atom is -0.384 e. The number of nitrogens with two attached hydrogens (primary N) is 1. The van der Waals surface area contributed by atoms with Crippen molar-refractivity contribution < 1.29 is 21.1 Å². The number of hydrogen-bond acceptors (Lipinski definition) is 2. The van der Waals surface area contributed by atoms with E-state index in [9.17, 15) is 0 Å². The molecule has 0 fully saturated rings. The maximum Gasteiger partial charge on any atom is 2.00 e. The number of aromatic nitrogens is 1. The number of nitrogen functional groups attached to an aromatic ring is 1. The smallest absolute Gasteiger partial charge is 0.384 e. The third-order valence-corrected chi connectivity index (χ3v) is 0.688. The van der Waals surface area contributed by atoms with Crippen LogP contribution in [0.2, 0.25) is 0 Å². The third-order valence-electron chi connectivity index (χ3n) is 0.688. The Morgan fingerprint density at radius 1 is 1.38 bits per heavy atom. The predicted octanol–water partition coefficient (Wildman–Crippen LogP) is 0.661. The summed E-state index contributed by atoms with van der Waals surface area (Å²) >= 11 is 0. The van der Waals surface area contributed by atoms with Crippen molar-refractivity contribution in [3.8, 4) is 0 Å². The SMILES string of the molecule is Nc1ccccn1.[Pt+2]. The first-order valence-electron chi connectivity index (χ1n) is 2.06. The van der Waals surface area contributed by atoms with Crippen molar-refractivity contribution in [3.05, 3.63) is 24.4 Å². The van der Waals surface area contributed by atoms with Gasteiger partial charge in [0.15, 0.2) is 0 Å². The van der Waals surface area contributed by atoms with E-state index in [2.05, 4.69) is 4.98 Å². The van der Waals surface area contributed by atoms with Crippen LogP contribution in [-0.2, 0) is 21.1 Å². The molecule has 1 heterocycles. The Labute approximate surface area is 62.4 Å². The molecule has 44 valence electrons. The predicted molar refractivity (Wildman–Crippen MR) is 28.6 cm³/mol.